The van der Waals surface area contributed by atoms with E-state index in [1.165, 1.54) is 12.1 Å². The Kier molecular flexibility index (Phi) is 6.01. The van der Waals surface area contributed by atoms with E-state index in [4.69, 9.17) is 11.6 Å². The van der Waals surface area contributed by atoms with Crippen molar-refractivity contribution in [2.45, 2.75) is 40.0 Å². The Bertz CT molecular complexity index is 361. The molecule has 1 rings (SSSR count). The summed E-state index contributed by atoms with van der Waals surface area (Å²) in [6.45, 7) is 6.62. The summed E-state index contributed by atoms with van der Waals surface area (Å²) in [5, 5.41) is 6.35. The van der Waals surface area contributed by atoms with Crippen molar-refractivity contribution in [3.05, 3.63) is 16.4 Å². The van der Waals surface area contributed by atoms with Gasteiger partial charge in [0.15, 0.2) is 0 Å². The van der Waals surface area contributed by atoms with Crippen LogP contribution in [0.15, 0.2) is 0 Å². The van der Waals surface area contributed by atoms with Gasteiger partial charge in [0.25, 0.3) is 0 Å². The van der Waals surface area contributed by atoms with E-state index in [1.807, 2.05) is 11.7 Å². The monoisotopic (exact) mass is 320 g/mol. The maximum absolute atomic E-state index is 6.37. The number of halogens is 2. The van der Waals surface area contributed by atoms with Crippen LogP contribution in [0.4, 0.5) is 0 Å². The van der Waals surface area contributed by atoms with Crippen molar-refractivity contribution < 1.29 is 0 Å². The second kappa shape index (κ2) is 6.79. The number of aryl methyl sites for hydroxylation is 2. The molecule has 0 bridgehead atoms. The third kappa shape index (κ3) is 3.99. The lowest BCUT2D eigenvalue weighted by Crippen LogP contribution is -2.12. The summed E-state index contributed by atoms with van der Waals surface area (Å²) in [5.74, 6) is 1.35. The van der Waals surface area contributed by atoms with E-state index in [-0.39, 0.29) is 0 Å². The SMILES string of the molecule is CCc1nn(C)c(CC(CBr)CC(C)C)c1Cl. The topological polar surface area (TPSA) is 17.8 Å². The zero-order chi connectivity index (χ0) is 13.0. The smallest absolute Gasteiger partial charge is 0.0849 e. The van der Waals surface area contributed by atoms with Crippen LogP contribution in [0.3, 0.4) is 0 Å². The van der Waals surface area contributed by atoms with Crippen molar-refractivity contribution in [2.24, 2.45) is 18.9 Å². The van der Waals surface area contributed by atoms with Gasteiger partial charge in [0.2, 0.25) is 0 Å². The Hall–Kier alpha value is -0.0200. The van der Waals surface area contributed by atoms with Crippen molar-refractivity contribution in [3.63, 3.8) is 0 Å². The summed E-state index contributed by atoms with van der Waals surface area (Å²) in [4.78, 5) is 0. The Morgan fingerprint density at radius 2 is 2.06 bits per heavy atom. The highest BCUT2D eigenvalue weighted by Gasteiger charge is 2.18. The predicted molar refractivity (Wildman–Crippen MR) is 78.0 cm³/mol. The molecule has 0 aliphatic carbocycles. The fourth-order valence-electron chi connectivity index (χ4n) is 2.18. The van der Waals surface area contributed by atoms with E-state index in [9.17, 15) is 0 Å². The lowest BCUT2D eigenvalue weighted by Gasteiger charge is -2.16. The van der Waals surface area contributed by atoms with Crippen molar-refractivity contribution in [1.29, 1.82) is 0 Å². The van der Waals surface area contributed by atoms with E-state index in [0.29, 0.717) is 5.92 Å². The molecule has 0 saturated carbocycles. The van der Waals surface area contributed by atoms with Crippen molar-refractivity contribution in [1.82, 2.24) is 9.78 Å². The minimum Gasteiger partial charge on any atom is -0.271 e. The van der Waals surface area contributed by atoms with Crippen LogP contribution in [0.2, 0.25) is 5.02 Å². The molecule has 0 amide bonds. The minimum atomic E-state index is 0.632. The first-order valence-electron chi connectivity index (χ1n) is 6.25. The summed E-state index contributed by atoms with van der Waals surface area (Å²) in [5.41, 5.74) is 2.19. The predicted octanol–water partition coefficient (Wildman–Crippen LogP) is 4.24. The van der Waals surface area contributed by atoms with Crippen molar-refractivity contribution in [3.8, 4) is 0 Å². The summed E-state index contributed by atoms with van der Waals surface area (Å²) < 4.78 is 1.94. The lowest BCUT2D eigenvalue weighted by molar-refractivity contribution is 0.435. The summed E-state index contributed by atoms with van der Waals surface area (Å²) in [6, 6.07) is 0. The molecule has 0 aliphatic rings. The molecule has 1 atom stereocenters. The molecule has 0 aromatic carbocycles. The molecule has 0 saturated heterocycles. The quantitative estimate of drug-likeness (QED) is 0.717. The first-order valence-corrected chi connectivity index (χ1v) is 7.75. The second-order valence-corrected chi connectivity index (χ2v) is 6.06. The minimum absolute atomic E-state index is 0.632. The second-order valence-electron chi connectivity index (χ2n) is 5.04. The summed E-state index contributed by atoms with van der Waals surface area (Å²) >= 11 is 9.97. The number of hydrogen-bond acceptors (Lipinski definition) is 1. The molecule has 0 fully saturated rings. The number of rotatable bonds is 6. The molecule has 17 heavy (non-hydrogen) atoms. The number of nitrogens with zero attached hydrogens (tertiary/aromatic N) is 2. The first-order chi connectivity index (χ1) is 7.99. The molecular weight excluding hydrogens is 300 g/mol. The van der Waals surface area contributed by atoms with E-state index in [2.05, 4.69) is 41.8 Å². The van der Waals surface area contributed by atoms with Gasteiger partial charge < -0.3 is 0 Å². The largest absolute Gasteiger partial charge is 0.271 e. The van der Waals surface area contributed by atoms with Gasteiger partial charge in [0.05, 0.1) is 16.4 Å². The first kappa shape index (κ1) is 15.0. The Labute approximate surface area is 118 Å². The highest BCUT2D eigenvalue weighted by molar-refractivity contribution is 9.09. The maximum atomic E-state index is 6.37. The van der Waals surface area contributed by atoms with Crippen molar-refractivity contribution in [2.75, 3.05) is 5.33 Å². The Balaban J connectivity index is 2.82. The van der Waals surface area contributed by atoms with Gasteiger partial charge in [-0.2, -0.15) is 5.10 Å². The molecule has 0 aliphatic heterocycles. The summed E-state index contributed by atoms with van der Waals surface area (Å²) in [7, 11) is 1.99. The highest BCUT2D eigenvalue weighted by atomic mass is 79.9. The molecule has 1 aromatic heterocycles. The fourth-order valence-corrected chi connectivity index (χ4v) is 3.05. The van der Waals surface area contributed by atoms with Crippen LogP contribution in [0.5, 0.6) is 0 Å². The van der Waals surface area contributed by atoms with Crippen LogP contribution in [-0.2, 0) is 19.9 Å². The number of aromatic nitrogens is 2. The lowest BCUT2D eigenvalue weighted by atomic mass is 9.94. The van der Waals surface area contributed by atoms with Crippen molar-refractivity contribution >= 4 is 27.5 Å². The van der Waals surface area contributed by atoms with Gasteiger partial charge >= 0.3 is 0 Å². The number of alkyl halides is 1. The molecule has 2 nitrogen and oxygen atoms in total. The standard InChI is InChI=1S/C13H22BrClN2/c1-5-11-13(15)12(17(4)16-11)7-10(8-14)6-9(2)3/h9-10H,5-8H2,1-4H3. The highest BCUT2D eigenvalue weighted by Crippen LogP contribution is 2.26. The van der Waals surface area contributed by atoms with E-state index >= 15 is 0 Å². The van der Waals surface area contributed by atoms with Gasteiger partial charge in [0.1, 0.15) is 0 Å². The number of hydrogen-bond donors (Lipinski definition) is 0. The van der Waals surface area contributed by atoms with E-state index < -0.39 is 0 Å². The van der Waals surface area contributed by atoms with Crippen LogP contribution >= 0.6 is 27.5 Å². The molecule has 1 unspecified atom stereocenters. The molecular formula is C13H22BrClN2. The van der Waals surface area contributed by atoms with Crippen LogP contribution in [0.25, 0.3) is 0 Å². The fraction of sp³-hybridized carbons (Fsp3) is 0.769. The van der Waals surface area contributed by atoms with Crippen LogP contribution in [-0.4, -0.2) is 15.1 Å². The van der Waals surface area contributed by atoms with E-state index in [0.717, 1.165) is 34.8 Å². The molecule has 98 valence electrons. The molecule has 1 heterocycles. The zero-order valence-electron chi connectivity index (χ0n) is 11.1. The van der Waals surface area contributed by atoms with Gasteiger partial charge in [-0.3, -0.25) is 4.68 Å². The average Bonchev–Trinajstić information content (AvgIpc) is 2.54. The molecule has 0 spiro atoms. The third-order valence-electron chi connectivity index (χ3n) is 3.01. The normalized spacial score (nSPS) is 13.4. The van der Waals surface area contributed by atoms with E-state index in [1.54, 1.807) is 0 Å². The Morgan fingerprint density at radius 3 is 2.47 bits per heavy atom. The molecule has 1 aromatic rings. The Morgan fingerprint density at radius 1 is 1.41 bits per heavy atom. The van der Waals surface area contributed by atoms with Crippen LogP contribution in [0, 0.1) is 11.8 Å². The van der Waals surface area contributed by atoms with Gasteiger partial charge in [0, 0.05) is 12.4 Å². The maximum Gasteiger partial charge on any atom is 0.0849 e. The average molecular weight is 322 g/mol. The third-order valence-corrected chi connectivity index (χ3v) is 4.36. The zero-order valence-corrected chi connectivity index (χ0v) is 13.5. The van der Waals surface area contributed by atoms with Gasteiger partial charge in [-0.1, -0.05) is 48.3 Å². The summed E-state index contributed by atoms with van der Waals surface area (Å²) in [6.07, 6.45) is 3.12. The molecule has 0 radical (unpaired) electrons. The van der Waals surface area contributed by atoms with Gasteiger partial charge in [-0.05, 0) is 31.1 Å². The van der Waals surface area contributed by atoms with Gasteiger partial charge in [-0.15, -0.1) is 0 Å². The van der Waals surface area contributed by atoms with Crippen LogP contribution in [0.1, 0.15) is 38.6 Å². The van der Waals surface area contributed by atoms with Gasteiger partial charge in [-0.25, -0.2) is 0 Å². The van der Waals surface area contributed by atoms with Crippen LogP contribution < -0.4 is 0 Å². The molecule has 0 N–H and O–H groups in total. The molecule has 4 heteroatoms.